The van der Waals surface area contributed by atoms with Gasteiger partial charge >= 0.3 is 0 Å². The summed E-state index contributed by atoms with van der Waals surface area (Å²) in [6.45, 7) is 9.00. The van der Waals surface area contributed by atoms with Crippen molar-refractivity contribution in [3.8, 4) is 0 Å². The van der Waals surface area contributed by atoms with Gasteiger partial charge in [0.2, 0.25) is 5.91 Å². The van der Waals surface area contributed by atoms with Crippen LogP contribution in [0.5, 0.6) is 0 Å². The lowest BCUT2D eigenvalue weighted by molar-refractivity contribution is -0.120. The summed E-state index contributed by atoms with van der Waals surface area (Å²) in [5.74, 6) is 1.85. The van der Waals surface area contributed by atoms with Crippen LogP contribution >= 0.6 is 0 Å². The number of para-hydroxylation sites is 1. The Balaban J connectivity index is 1.37. The van der Waals surface area contributed by atoms with Crippen LogP contribution in [0.3, 0.4) is 0 Å². The van der Waals surface area contributed by atoms with Crippen molar-refractivity contribution in [2.45, 2.75) is 46.6 Å². The quantitative estimate of drug-likeness (QED) is 0.690. The van der Waals surface area contributed by atoms with E-state index in [1.807, 2.05) is 31.3 Å². The van der Waals surface area contributed by atoms with Gasteiger partial charge in [0.25, 0.3) is 0 Å². The van der Waals surface area contributed by atoms with E-state index < -0.39 is 0 Å². The molecule has 1 aromatic carbocycles. The van der Waals surface area contributed by atoms with E-state index in [9.17, 15) is 4.79 Å². The first-order valence-corrected chi connectivity index (χ1v) is 10.8. The fraction of sp³-hybridized carbons (Fsp3) is 0.400. The molecule has 0 atom stereocenters. The Morgan fingerprint density at radius 1 is 1.13 bits per heavy atom. The second-order valence-electron chi connectivity index (χ2n) is 8.47. The molecule has 2 aromatic heterocycles. The number of pyridine rings is 2. The summed E-state index contributed by atoms with van der Waals surface area (Å²) in [4.78, 5) is 24.2. The molecule has 1 saturated heterocycles. The Morgan fingerprint density at radius 2 is 1.90 bits per heavy atom. The van der Waals surface area contributed by atoms with Crippen molar-refractivity contribution in [3.63, 3.8) is 0 Å². The number of nitrogens with one attached hydrogen (secondary N) is 1. The van der Waals surface area contributed by atoms with Crippen molar-refractivity contribution in [1.82, 2.24) is 15.3 Å². The van der Waals surface area contributed by atoms with Crippen LogP contribution < -0.4 is 10.2 Å². The van der Waals surface area contributed by atoms with Gasteiger partial charge in [-0.15, -0.1) is 0 Å². The minimum Gasteiger partial charge on any atom is -0.357 e. The summed E-state index contributed by atoms with van der Waals surface area (Å²) in [5, 5.41) is 4.14. The van der Waals surface area contributed by atoms with Crippen LogP contribution in [0, 0.1) is 19.8 Å². The molecule has 1 amide bonds. The van der Waals surface area contributed by atoms with E-state index >= 15 is 0 Å². The van der Waals surface area contributed by atoms with Crippen LogP contribution in [-0.4, -0.2) is 29.0 Å². The highest BCUT2D eigenvalue weighted by atomic mass is 16.1. The molecule has 5 heteroatoms. The molecule has 30 heavy (non-hydrogen) atoms. The summed E-state index contributed by atoms with van der Waals surface area (Å²) >= 11 is 0. The van der Waals surface area contributed by atoms with Crippen molar-refractivity contribution in [2.75, 3.05) is 18.0 Å². The van der Waals surface area contributed by atoms with Crippen LogP contribution in [0.25, 0.3) is 10.9 Å². The van der Waals surface area contributed by atoms with Gasteiger partial charge in [-0.25, -0.2) is 4.98 Å². The van der Waals surface area contributed by atoms with Crippen LogP contribution in [0.1, 0.15) is 42.1 Å². The smallest absolute Gasteiger partial charge is 0.224 e. The Labute approximate surface area is 178 Å². The molecule has 0 unspecified atom stereocenters. The van der Waals surface area contributed by atoms with E-state index in [2.05, 4.69) is 52.2 Å². The second-order valence-corrected chi connectivity index (χ2v) is 8.47. The largest absolute Gasteiger partial charge is 0.357 e. The molecule has 1 aliphatic heterocycles. The van der Waals surface area contributed by atoms with Gasteiger partial charge in [0.1, 0.15) is 5.82 Å². The van der Waals surface area contributed by atoms with Gasteiger partial charge in [-0.2, -0.15) is 0 Å². The number of piperidine rings is 1. The first-order chi connectivity index (χ1) is 14.5. The number of amides is 1. The van der Waals surface area contributed by atoms with Gasteiger partial charge in [0, 0.05) is 36.9 Å². The Kier molecular flexibility index (Phi) is 5.98. The number of rotatable bonds is 5. The topological polar surface area (TPSA) is 58.1 Å². The fourth-order valence-corrected chi connectivity index (χ4v) is 4.20. The van der Waals surface area contributed by atoms with Crippen molar-refractivity contribution >= 4 is 22.6 Å². The molecule has 1 aliphatic rings. The molecule has 0 spiro atoms. The Hall–Kier alpha value is -2.95. The van der Waals surface area contributed by atoms with Gasteiger partial charge < -0.3 is 10.2 Å². The molecular formula is C25H30N4O. The minimum atomic E-state index is 0.00683. The summed E-state index contributed by atoms with van der Waals surface area (Å²) < 4.78 is 0. The molecule has 3 aromatic rings. The average molecular weight is 403 g/mol. The molecule has 0 aliphatic carbocycles. The summed E-state index contributed by atoms with van der Waals surface area (Å²) in [6.07, 6.45) is 4.67. The number of benzene rings is 1. The maximum atomic E-state index is 12.6. The van der Waals surface area contributed by atoms with E-state index in [1.165, 1.54) is 12.8 Å². The number of carbonyl (C=O) groups excluding carboxylic acids is 1. The highest BCUT2D eigenvalue weighted by Gasteiger charge is 2.17. The van der Waals surface area contributed by atoms with E-state index in [1.54, 1.807) is 0 Å². The lowest BCUT2D eigenvalue weighted by Crippen LogP contribution is -2.33. The molecule has 156 valence electrons. The highest BCUT2D eigenvalue weighted by Crippen LogP contribution is 2.23. The normalized spacial score (nSPS) is 14.8. The molecular weight excluding hydrogens is 372 g/mol. The summed E-state index contributed by atoms with van der Waals surface area (Å²) in [5.41, 5.74) is 5.06. The number of aryl methyl sites for hydroxylation is 2. The molecule has 4 rings (SSSR count). The molecule has 5 nitrogen and oxygen atoms in total. The van der Waals surface area contributed by atoms with E-state index in [0.717, 1.165) is 58.1 Å². The Bertz CT molecular complexity index is 1040. The number of fused-ring (bicyclic) bond motifs is 1. The van der Waals surface area contributed by atoms with Crippen molar-refractivity contribution < 1.29 is 4.79 Å². The van der Waals surface area contributed by atoms with Crippen LogP contribution in [0.15, 0.2) is 42.6 Å². The first-order valence-electron chi connectivity index (χ1n) is 10.8. The van der Waals surface area contributed by atoms with Crippen LogP contribution in [0.4, 0.5) is 5.82 Å². The van der Waals surface area contributed by atoms with E-state index in [-0.39, 0.29) is 5.91 Å². The number of hydrogen-bond donors (Lipinski definition) is 1. The first kappa shape index (κ1) is 20.3. The monoisotopic (exact) mass is 402 g/mol. The van der Waals surface area contributed by atoms with E-state index in [4.69, 9.17) is 0 Å². The van der Waals surface area contributed by atoms with Gasteiger partial charge in [0.05, 0.1) is 11.9 Å². The van der Waals surface area contributed by atoms with Gasteiger partial charge in [-0.3, -0.25) is 9.78 Å². The average Bonchev–Trinajstić information content (AvgIpc) is 2.76. The second kappa shape index (κ2) is 8.82. The Morgan fingerprint density at radius 3 is 2.63 bits per heavy atom. The summed E-state index contributed by atoms with van der Waals surface area (Å²) in [7, 11) is 0. The maximum Gasteiger partial charge on any atom is 0.224 e. The predicted molar refractivity (Wildman–Crippen MR) is 122 cm³/mol. The third-order valence-corrected chi connectivity index (χ3v) is 6.23. The minimum absolute atomic E-state index is 0.00683. The number of nitrogens with zero attached hydrogens (tertiary/aromatic N) is 3. The van der Waals surface area contributed by atoms with Gasteiger partial charge in [-0.1, -0.05) is 31.2 Å². The predicted octanol–water partition coefficient (Wildman–Crippen LogP) is 4.34. The molecule has 0 saturated carbocycles. The molecule has 1 fully saturated rings. The lowest BCUT2D eigenvalue weighted by Gasteiger charge is -2.31. The molecule has 0 radical (unpaired) electrons. The number of anilines is 1. The SMILES string of the molecule is Cc1nc2ccccc2c(C)c1CC(=O)NCc1ccc(N2CCC(C)CC2)nc1. The molecule has 1 N–H and O–H groups in total. The van der Waals surface area contributed by atoms with Gasteiger partial charge in [-0.05, 0) is 61.4 Å². The lowest BCUT2D eigenvalue weighted by atomic mass is 9.99. The summed E-state index contributed by atoms with van der Waals surface area (Å²) in [6, 6.07) is 12.2. The maximum absolute atomic E-state index is 12.6. The fourth-order valence-electron chi connectivity index (χ4n) is 4.20. The van der Waals surface area contributed by atoms with Crippen LogP contribution in [0.2, 0.25) is 0 Å². The zero-order valence-electron chi connectivity index (χ0n) is 18.1. The molecule has 0 bridgehead atoms. The third-order valence-electron chi connectivity index (χ3n) is 6.23. The van der Waals surface area contributed by atoms with Crippen molar-refractivity contribution in [1.29, 1.82) is 0 Å². The zero-order valence-corrected chi connectivity index (χ0v) is 18.1. The standard InChI is InChI=1S/C25H30N4O/c1-17-10-12-29(13-11-17)24-9-8-20(15-26-24)16-27-25(30)14-22-18(2)21-6-4-5-7-23(21)28-19(22)3/h4-9,15,17H,10-14,16H2,1-3H3,(H,27,30). The van der Waals surface area contributed by atoms with Crippen molar-refractivity contribution in [3.05, 3.63) is 65.0 Å². The van der Waals surface area contributed by atoms with Crippen molar-refractivity contribution in [2.24, 2.45) is 5.92 Å². The zero-order chi connectivity index (χ0) is 21.1. The third kappa shape index (κ3) is 4.45. The number of aromatic nitrogens is 2. The van der Waals surface area contributed by atoms with Gasteiger partial charge in [0.15, 0.2) is 0 Å². The number of carbonyl (C=O) groups is 1. The highest BCUT2D eigenvalue weighted by molar-refractivity contribution is 5.86. The van der Waals surface area contributed by atoms with E-state index in [0.29, 0.717) is 13.0 Å². The van der Waals surface area contributed by atoms with Crippen LogP contribution in [-0.2, 0) is 17.8 Å². The molecule has 3 heterocycles. The number of hydrogen-bond acceptors (Lipinski definition) is 4.